The second-order valence-corrected chi connectivity index (χ2v) is 5.96. The molecule has 110 valence electrons. The third-order valence-corrected chi connectivity index (χ3v) is 3.83. The zero-order valence-corrected chi connectivity index (χ0v) is 12.6. The number of carbonyl (C=O) groups is 1. The first-order valence-corrected chi connectivity index (χ1v) is 7.17. The summed E-state index contributed by atoms with van der Waals surface area (Å²) in [6.07, 6.45) is 0. The van der Waals surface area contributed by atoms with Crippen LogP contribution in [0.2, 0.25) is 0 Å². The van der Waals surface area contributed by atoms with Crippen molar-refractivity contribution in [3.05, 3.63) is 35.4 Å². The molecule has 1 fully saturated rings. The predicted molar refractivity (Wildman–Crippen MR) is 80.0 cm³/mol. The molecule has 1 amide bonds. The summed E-state index contributed by atoms with van der Waals surface area (Å²) >= 11 is 0. The van der Waals surface area contributed by atoms with Crippen LogP contribution in [0.25, 0.3) is 0 Å². The molecule has 1 aromatic rings. The lowest BCUT2D eigenvalue weighted by molar-refractivity contribution is -0.00923. The molecule has 1 aliphatic heterocycles. The summed E-state index contributed by atoms with van der Waals surface area (Å²) in [5.74, 6) is -0.00460. The Morgan fingerprint density at radius 2 is 2.05 bits per heavy atom. The molecule has 0 aliphatic carbocycles. The molecule has 0 unspecified atom stereocenters. The summed E-state index contributed by atoms with van der Waals surface area (Å²) in [5.41, 5.74) is 1.77. The van der Waals surface area contributed by atoms with Crippen LogP contribution in [0, 0.1) is 6.92 Å². The number of rotatable bonds is 4. The van der Waals surface area contributed by atoms with E-state index in [1.54, 1.807) is 0 Å². The highest BCUT2D eigenvalue weighted by molar-refractivity contribution is 5.94. The van der Waals surface area contributed by atoms with Crippen LogP contribution in [0.5, 0.6) is 0 Å². The number of carbonyl (C=O) groups excluding carboxylic acids is 1. The van der Waals surface area contributed by atoms with Crippen molar-refractivity contribution in [3.63, 3.8) is 0 Å². The fourth-order valence-electron chi connectivity index (χ4n) is 2.47. The lowest BCUT2D eigenvalue weighted by atomic mass is 10.0. The zero-order chi connectivity index (χ0) is 14.6. The highest BCUT2D eigenvalue weighted by atomic mass is 16.5. The molecule has 4 heteroatoms. The predicted octanol–water partition coefficient (Wildman–Crippen LogP) is 1.84. The Morgan fingerprint density at radius 3 is 2.70 bits per heavy atom. The molecule has 1 aliphatic rings. The average molecular weight is 276 g/mol. The van der Waals surface area contributed by atoms with Crippen molar-refractivity contribution in [2.24, 2.45) is 0 Å². The number of benzene rings is 1. The maximum Gasteiger partial charge on any atom is 0.251 e. The second-order valence-electron chi connectivity index (χ2n) is 5.96. The van der Waals surface area contributed by atoms with Gasteiger partial charge < -0.3 is 10.1 Å². The van der Waals surface area contributed by atoms with Crippen LogP contribution in [-0.4, -0.2) is 49.2 Å². The number of ether oxygens (including phenoxy) is 1. The number of nitrogens with zero attached hydrogens (tertiary/aromatic N) is 1. The van der Waals surface area contributed by atoms with Gasteiger partial charge in [0.25, 0.3) is 5.91 Å². The van der Waals surface area contributed by atoms with Gasteiger partial charge in [-0.15, -0.1) is 0 Å². The second kappa shape index (κ2) is 6.37. The van der Waals surface area contributed by atoms with Crippen LogP contribution in [0.3, 0.4) is 0 Å². The Balaban J connectivity index is 1.91. The van der Waals surface area contributed by atoms with Gasteiger partial charge in [-0.2, -0.15) is 0 Å². The van der Waals surface area contributed by atoms with E-state index in [2.05, 4.69) is 24.1 Å². The average Bonchev–Trinajstić information content (AvgIpc) is 2.46. The Hall–Kier alpha value is -1.39. The minimum absolute atomic E-state index is 0.00460. The van der Waals surface area contributed by atoms with E-state index in [4.69, 9.17) is 4.74 Å². The Bertz CT molecular complexity index is 465. The van der Waals surface area contributed by atoms with E-state index in [1.165, 1.54) is 0 Å². The van der Waals surface area contributed by atoms with Gasteiger partial charge >= 0.3 is 0 Å². The largest absolute Gasteiger partial charge is 0.379 e. The molecule has 1 N–H and O–H groups in total. The SMILES string of the molecule is Cc1cccc(C(=O)NCC(C)(C)N2CCOCC2)c1. The number of amides is 1. The quantitative estimate of drug-likeness (QED) is 0.912. The zero-order valence-electron chi connectivity index (χ0n) is 12.6. The molecule has 1 saturated heterocycles. The van der Waals surface area contributed by atoms with E-state index < -0.39 is 0 Å². The smallest absolute Gasteiger partial charge is 0.251 e. The highest BCUT2D eigenvalue weighted by Gasteiger charge is 2.28. The molecule has 20 heavy (non-hydrogen) atoms. The van der Waals surface area contributed by atoms with Crippen molar-refractivity contribution in [3.8, 4) is 0 Å². The maximum atomic E-state index is 12.2. The van der Waals surface area contributed by atoms with Crippen LogP contribution < -0.4 is 5.32 Å². The van der Waals surface area contributed by atoms with Gasteiger partial charge in [-0.25, -0.2) is 0 Å². The van der Waals surface area contributed by atoms with Crippen molar-refractivity contribution < 1.29 is 9.53 Å². The molecular weight excluding hydrogens is 252 g/mol. The van der Waals surface area contributed by atoms with E-state index in [1.807, 2.05) is 31.2 Å². The third-order valence-electron chi connectivity index (χ3n) is 3.83. The molecule has 0 aromatic heterocycles. The van der Waals surface area contributed by atoms with Crippen LogP contribution >= 0.6 is 0 Å². The molecule has 0 radical (unpaired) electrons. The summed E-state index contributed by atoms with van der Waals surface area (Å²) in [5, 5.41) is 3.04. The fraction of sp³-hybridized carbons (Fsp3) is 0.562. The number of nitrogens with one attached hydrogen (secondary N) is 1. The van der Waals surface area contributed by atoms with Gasteiger partial charge in [0.15, 0.2) is 0 Å². The van der Waals surface area contributed by atoms with E-state index in [0.717, 1.165) is 37.4 Å². The monoisotopic (exact) mass is 276 g/mol. The Kier molecular flexibility index (Phi) is 4.78. The Labute approximate surface area is 121 Å². The third kappa shape index (κ3) is 3.81. The molecule has 1 heterocycles. The first kappa shape index (κ1) is 15.0. The molecule has 2 rings (SSSR count). The van der Waals surface area contributed by atoms with Crippen molar-refractivity contribution >= 4 is 5.91 Å². The molecule has 0 bridgehead atoms. The normalized spacial score (nSPS) is 16.9. The van der Waals surface area contributed by atoms with Crippen LogP contribution in [0.4, 0.5) is 0 Å². The van der Waals surface area contributed by atoms with E-state index >= 15 is 0 Å². The number of morpholine rings is 1. The summed E-state index contributed by atoms with van der Waals surface area (Å²) < 4.78 is 5.37. The first-order chi connectivity index (χ1) is 9.49. The summed E-state index contributed by atoms with van der Waals surface area (Å²) in [7, 11) is 0. The van der Waals surface area contributed by atoms with Gasteiger partial charge in [-0.05, 0) is 32.9 Å². The van der Waals surface area contributed by atoms with E-state index in [-0.39, 0.29) is 11.4 Å². The molecule has 0 atom stereocenters. The van der Waals surface area contributed by atoms with Gasteiger partial charge in [-0.1, -0.05) is 17.7 Å². The molecule has 4 nitrogen and oxygen atoms in total. The number of hydrogen-bond donors (Lipinski definition) is 1. The van der Waals surface area contributed by atoms with Crippen LogP contribution in [0.1, 0.15) is 29.8 Å². The van der Waals surface area contributed by atoms with Crippen molar-refractivity contribution in [1.82, 2.24) is 10.2 Å². The molecular formula is C16H24N2O2. The van der Waals surface area contributed by atoms with Crippen molar-refractivity contribution in [2.75, 3.05) is 32.8 Å². The number of hydrogen-bond acceptors (Lipinski definition) is 3. The van der Waals surface area contributed by atoms with E-state index in [0.29, 0.717) is 6.54 Å². The van der Waals surface area contributed by atoms with Crippen LogP contribution in [0.15, 0.2) is 24.3 Å². The summed E-state index contributed by atoms with van der Waals surface area (Å²) in [4.78, 5) is 14.5. The van der Waals surface area contributed by atoms with E-state index in [9.17, 15) is 4.79 Å². The van der Waals surface area contributed by atoms with Gasteiger partial charge in [0, 0.05) is 30.7 Å². The lowest BCUT2D eigenvalue weighted by Crippen LogP contribution is -2.55. The van der Waals surface area contributed by atoms with Crippen LogP contribution in [-0.2, 0) is 4.74 Å². The molecule has 1 aromatic carbocycles. The van der Waals surface area contributed by atoms with Gasteiger partial charge in [-0.3, -0.25) is 9.69 Å². The van der Waals surface area contributed by atoms with Gasteiger partial charge in [0.05, 0.1) is 13.2 Å². The van der Waals surface area contributed by atoms with Crippen molar-refractivity contribution in [1.29, 1.82) is 0 Å². The minimum Gasteiger partial charge on any atom is -0.379 e. The standard InChI is InChI=1S/C16H24N2O2/c1-13-5-4-6-14(11-13)15(19)17-12-16(2,3)18-7-9-20-10-8-18/h4-6,11H,7-10,12H2,1-3H3,(H,17,19). The molecule has 0 saturated carbocycles. The molecule has 0 spiro atoms. The lowest BCUT2D eigenvalue weighted by Gasteiger charge is -2.40. The number of aryl methyl sites for hydroxylation is 1. The van der Waals surface area contributed by atoms with Crippen molar-refractivity contribution in [2.45, 2.75) is 26.3 Å². The summed E-state index contributed by atoms with van der Waals surface area (Å²) in [6, 6.07) is 7.67. The Morgan fingerprint density at radius 1 is 1.35 bits per heavy atom. The maximum absolute atomic E-state index is 12.2. The topological polar surface area (TPSA) is 41.6 Å². The summed E-state index contributed by atoms with van der Waals surface area (Å²) in [6.45, 7) is 10.4. The van der Waals surface area contributed by atoms with Gasteiger partial charge in [0.2, 0.25) is 0 Å². The van der Waals surface area contributed by atoms with Gasteiger partial charge in [0.1, 0.15) is 0 Å². The fourth-order valence-corrected chi connectivity index (χ4v) is 2.47. The highest BCUT2D eigenvalue weighted by Crippen LogP contribution is 2.15. The first-order valence-electron chi connectivity index (χ1n) is 7.17. The minimum atomic E-state index is -0.0523.